The number of halogens is 1. The quantitative estimate of drug-likeness (QED) is 0.853. The Balaban J connectivity index is 1.67. The molecule has 0 amide bonds. The number of nitrogens with zero attached hydrogens (tertiary/aromatic N) is 2. The molecule has 3 rings (SSSR count). The van der Waals surface area contributed by atoms with Crippen molar-refractivity contribution in [2.24, 2.45) is 0 Å². The first-order chi connectivity index (χ1) is 11.5. The molecular formula is C18H21FN2O2S. The summed E-state index contributed by atoms with van der Waals surface area (Å²) in [6.45, 7) is 2.50. The number of hydrogen-bond donors (Lipinski definition) is 0. The van der Waals surface area contributed by atoms with Gasteiger partial charge in [-0.1, -0.05) is 30.3 Å². The van der Waals surface area contributed by atoms with Gasteiger partial charge in [0.2, 0.25) is 10.0 Å². The van der Waals surface area contributed by atoms with Crippen LogP contribution < -0.4 is 4.90 Å². The van der Waals surface area contributed by atoms with Gasteiger partial charge in [-0.15, -0.1) is 0 Å². The van der Waals surface area contributed by atoms with E-state index in [9.17, 15) is 12.8 Å². The van der Waals surface area contributed by atoms with Crippen LogP contribution in [0.4, 0.5) is 10.1 Å². The second-order valence-electron chi connectivity index (χ2n) is 5.96. The van der Waals surface area contributed by atoms with Crippen molar-refractivity contribution < 1.29 is 12.8 Å². The van der Waals surface area contributed by atoms with Crippen LogP contribution in [0.2, 0.25) is 0 Å². The zero-order chi connectivity index (χ0) is 17.0. The third kappa shape index (κ3) is 4.13. The average Bonchev–Trinajstić information content (AvgIpc) is 2.84. The molecule has 0 radical (unpaired) electrons. The molecule has 0 spiro atoms. The van der Waals surface area contributed by atoms with Gasteiger partial charge in [0.25, 0.3) is 0 Å². The van der Waals surface area contributed by atoms with Gasteiger partial charge in [0.05, 0.1) is 5.75 Å². The lowest BCUT2D eigenvalue weighted by Gasteiger charge is -2.23. The normalized spacial score (nSPS) is 16.8. The number of anilines is 1. The first kappa shape index (κ1) is 16.9. The van der Waals surface area contributed by atoms with Crippen LogP contribution in [0, 0.1) is 5.82 Å². The number of para-hydroxylation sites is 1. The van der Waals surface area contributed by atoms with Crippen LogP contribution in [0.3, 0.4) is 0 Å². The maximum absolute atomic E-state index is 13.0. The molecule has 1 fully saturated rings. The SMILES string of the molecule is O=S(=O)(Cc1ccc(F)cc1)N1CCCN(c2ccccc2)CC1. The van der Waals surface area contributed by atoms with Crippen LogP contribution in [0.25, 0.3) is 0 Å². The monoisotopic (exact) mass is 348 g/mol. The minimum absolute atomic E-state index is 0.0847. The zero-order valence-corrected chi connectivity index (χ0v) is 14.3. The molecule has 0 unspecified atom stereocenters. The first-order valence-corrected chi connectivity index (χ1v) is 9.68. The zero-order valence-electron chi connectivity index (χ0n) is 13.4. The van der Waals surface area contributed by atoms with E-state index in [1.54, 1.807) is 4.31 Å². The Bertz CT molecular complexity index is 763. The van der Waals surface area contributed by atoms with Crippen molar-refractivity contribution >= 4 is 15.7 Å². The summed E-state index contributed by atoms with van der Waals surface area (Å²) >= 11 is 0. The van der Waals surface area contributed by atoms with Crippen LogP contribution in [0.5, 0.6) is 0 Å². The molecule has 0 aliphatic carbocycles. The summed E-state index contributed by atoms with van der Waals surface area (Å²) in [7, 11) is -3.39. The van der Waals surface area contributed by atoms with Crippen LogP contribution in [-0.4, -0.2) is 38.9 Å². The van der Waals surface area contributed by atoms with Gasteiger partial charge in [-0.3, -0.25) is 0 Å². The van der Waals surface area contributed by atoms with E-state index in [2.05, 4.69) is 4.90 Å². The largest absolute Gasteiger partial charge is 0.370 e. The first-order valence-electron chi connectivity index (χ1n) is 8.07. The summed E-state index contributed by atoms with van der Waals surface area (Å²) in [6, 6.07) is 15.7. The summed E-state index contributed by atoms with van der Waals surface area (Å²) in [6.07, 6.45) is 0.789. The number of hydrogen-bond acceptors (Lipinski definition) is 3. The fourth-order valence-electron chi connectivity index (χ4n) is 2.95. The number of benzene rings is 2. The molecule has 2 aromatic rings. The molecule has 4 nitrogen and oxygen atoms in total. The Morgan fingerprint density at radius 3 is 2.29 bits per heavy atom. The van der Waals surface area contributed by atoms with Crippen LogP contribution in [0.15, 0.2) is 54.6 Å². The second-order valence-corrected chi connectivity index (χ2v) is 7.93. The van der Waals surface area contributed by atoms with Crippen molar-refractivity contribution in [1.82, 2.24) is 4.31 Å². The molecule has 1 heterocycles. The molecule has 2 aromatic carbocycles. The number of sulfonamides is 1. The molecule has 0 bridgehead atoms. The lowest BCUT2D eigenvalue weighted by molar-refractivity contribution is 0.432. The predicted molar refractivity (Wildman–Crippen MR) is 93.9 cm³/mol. The third-order valence-corrected chi connectivity index (χ3v) is 6.08. The maximum atomic E-state index is 13.0. The van der Waals surface area contributed by atoms with Crippen LogP contribution in [0.1, 0.15) is 12.0 Å². The minimum atomic E-state index is -3.39. The van der Waals surface area contributed by atoms with Crippen molar-refractivity contribution in [3.63, 3.8) is 0 Å². The van der Waals surface area contributed by atoms with Crippen molar-refractivity contribution in [2.45, 2.75) is 12.2 Å². The standard InChI is InChI=1S/C18H21FN2O2S/c19-17-9-7-16(8-10-17)15-24(22,23)21-12-4-11-20(13-14-21)18-5-2-1-3-6-18/h1-3,5-10H,4,11-15H2. The van der Waals surface area contributed by atoms with E-state index in [0.29, 0.717) is 25.2 Å². The maximum Gasteiger partial charge on any atom is 0.218 e. The molecule has 0 N–H and O–H groups in total. The highest BCUT2D eigenvalue weighted by atomic mass is 32.2. The van der Waals surface area contributed by atoms with Gasteiger partial charge >= 0.3 is 0 Å². The molecule has 0 atom stereocenters. The topological polar surface area (TPSA) is 40.6 Å². The fraction of sp³-hybridized carbons (Fsp3) is 0.333. The molecule has 1 saturated heterocycles. The van der Waals surface area contributed by atoms with Crippen LogP contribution >= 0.6 is 0 Å². The van der Waals surface area contributed by atoms with E-state index in [1.165, 1.54) is 24.3 Å². The van der Waals surface area contributed by atoms with Crippen molar-refractivity contribution in [1.29, 1.82) is 0 Å². The Morgan fingerprint density at radius 2 is 1.58 bits per heavy atom. The van der Waals surface area contributed by atoms with Gasteiger partial charge < -0.3 is 4.90 Å². The van der Waals surface area contributed by atoms with Crippen molar-refractivity contribution in [3.05, 3.63) is 66.0 Å². The Labute approximate surface area is 142 Å². The summed E-state index contributed by atoms with van der Waals surface area (Å²) in [5, 5.41) is 0. The Hall–Kier alpha value is -1.92. The van der Waals surface area contributed by atoms with E-state index in [0.717, 1.165) is 18.7 Å². The highest BCUT2D eigenvalue weighted by Gasteiger charge is 2.25. The summed E-state index contributed by atoms with van der Waals surface area (Å²) in [5.74, 6) is -0.442. The summed E-state index contributed by atoms with van der Waals surface area (Å²) in [4.78, 5) is 2.22. The van der Waals surface area contributed by atoms with Gasteiger partial charge in [-0.25, -0.2) is 12.8 Å². The number of rotatable bonds is 4. The van der Waals surface area contributed by atoms with E-state index in [4.69, 9.17) is 0 Å². The molecule has 0 saturated carbocycles. The van der Waals surface area contributed by atoms with Gasteiger partial charge in [-0.05, 0) is 36.2 Å². The minimum Gasteiger partial charge on any atom is -0.370 e. The van der Waals surface area contributed by atoms with Gasteiger partial charge in [-0.2, -0.15) is 4.31 Å². The van der Waals surface area contributed by atoms with Crippen molar-refractivity contribution in [2.75, 3.05) is 31.1 Å². The summed E-state index contributed by atoms with van der Waals surface area (Å²) < 4.78 is 39.8. The van der Waals surface area contributed by atoms with Gasteiger partial charge in [0.15, 0.2) is 0 Å². The third-order valence-electron chi connectivity index (χ3n) is 4.23. The van der Waals surface area contributed by atoms with E-state index in [1.807, 2.05) is 30.3 Å². The fourth-order valence-corrected chi connectivity index (χ4v) is 4.51. The van der Waals surface area contributed by atoms with Crippen molar-refractivity contribution in [3.8, 4) is 0 Å². The lowest BCUT2D eigenvalue weighted by atomic mass is 10.2. The molecular weight excluding hydrogens is 327 g/mol. The van der Waals surface area contributed by atoms with E-state index < -0.39 is 10.0 Å². The average molecular weight is 348 g/mol. The Morgan fingerprint density at radius 1 is 0.875 bits per heavy atom. The molecule has 128 valence electrons. The summed E-state index contributed by atoms with van der Waals surface area (Å²) in [5.41, 5.74) is 1.73. The van der Waals surface area contributed by atoms with Gasteiger partial charge in [0.1, 0.15) is 5.82 Å². The molecule has 0 aromatic heterocycles. The second kappa shape index (κ2) is 7.32. The molecule has 6 heteroatoms. The lowest BCUT2D eigenvalue weighted by Crippen LogP contribution is -2.36. The van der Waals surface area contributed by atoms with Crippen LogP contribution in [-0.2, 0) is 15.8 Å². The molecule has 1 aliphatic heterocycles. The smallest absolute Gasteiger partial charge is 0.218 e. The predicted octanol–water partition coefficient (Wildman–Crippen LogP) is 2.87. The highest BCUT2D eigenvalue weighted by molar-refractivity contribution is 7.88. The van der Waals surface area contributed by atoms with E-state index >= 15 is 0 Å². The highest BCUT2D eigenvalue weighted by Crippen LogP contribution is 2.18. The Kier molecular flexibility index (Phi) is 5.16. The molecule has 24 heavy (non-hydrogen) atoms. The van der Waals surface area contributed by atoms with E-state index in [-0.39, 0.29) is 11.6 Å². The molecule has 1 aliphatic rings. The van der Waals surface area contributed by atoms with Gasteiger partial charge in [0, 0.05) is 31.9 Å².